The summed E-state index contributed by atoms with van der Waals surface area (Å²) in [5.74, 6) is 0.277. The Bertz CT molecular complexity index is 1070. The Hall–Kier alpha value is -3.02. The summed E-state index contributed by atoms with van der Waals surface area (Å²) in [5, 5.41) is 0. The fourth-order valence-corrected chi connectivity index (χ4v) is 4.67. The van der Waals surface area contributed by atoms with Crippen LogP contribution in [-0.4, -0.2) is 54.1 Å². The number of amides is 2. The Kier molecular flexibility index (Phi) is 8.37. The van der Waals surface area contributed by atoms with Crippen LogP contribution >= 0.6 is 0 Å². The first kappa shape index (κ1) is 27.6. The summed E-state index contributed by atoms with van der Waals surface area (Å²) in [6.45, 7) is 13.4. The molecule has 1 saturated heterocycles. The van der Waals surface area contributed by atoms with Crippen molar-refractivity contribution >= 4 is 12.0 Å². The molecule has 196 valence electrons. The van der Waals surface area contributed by atoms with E-state index in [-0.39, 0.29) is 17.5 Å². The molecule has 36 heavy (non-hydrogen) atoms. The minimum atomic E-state index is -1.04. The van der Waals surface area contributed by atoms with Crippen molar-refractivity contribution in [1.82, 2.24) is 9.80 Å². The van der Waals surface area contributed by atoms with Crippen molar-refractivity contribution in [3.63, 3.8) is 0 Å². The van der Waals surface area contributed by atoms with Crippen LogP contribution < -0.4 is 4.74 Å². The molecule has 6 heteroatoms. The van der Waals surface area contributed by atoms with E-state index in [1.165, 1.54) is 23.8 Å². The summed E-state index contributed by atoms with van der Waals surface area (Å²) in [6, 6.07) is 15.0. The van der Waals surface area contributed by atoms with E-state index in [0.29, 0.717) is 12.3 Å². The number of benzene rings is 2. The number of esters is 1. The van der Waals surface area contributed by atoms with Crippen LogP contribution in [0.1, 0.15) is 69.7 Å². The Balaban J connectivity index is 1.53. The second-order valence-corrected chi connectivity index (χ2v) is 11.5. The van der Waals surface area contributed by atoms with Crippen molar-refractivity contribution in [2.24, 2.45) is 0 Å². The number of ether oxygens (including phenoxy) is 2. The van der Waals surface area contributed by atoms with Gasteiger partial charge in [-0.3, -0.25) is 0 Å². The van der Waals surface area contributed by atoms with Crippen molar-refractivity contribution in [2.45, 2.75) is 84.4 Å². The minimum absolute atomic E-state index is 0.102. The van der Waals surface area contributed by atoms with Gasteiger partial charge in [0.25, 0.3) is 0 Å². The highest BCUT2D eigenvalue weighted by Gasteiger charge is 2.34. The quantitative estimate of drug-likeness (QED) is 0.408. The molecule has 1 aliphatic heterocycles. The monoisotopic (exact) mass is 494 g/mol. The van der Waals surface area contributed by atoms with E-state index in [2.05, 4.69) is 51.1 Å². The lowest BCUT2D eigenvalue weighted by Crippen LogP contribution is -2.39. The van der Waals surface area contributed by atoms with Gasteiger partial charge in [-0.25, -0.2) is 9.59 Å². The number of hydrogen-bond acceptors (Lipinski definition) is 4. The molecule has 6 nitrogen and oxygen atoms in total. The van der Waals surface area contributed by atoms with Gasteiger partial charge in [0, 0.05) is 20.1 Å². The number of nitrogens with zero attached hydrogens (tertiary/aromatic N) is 2. The van der Waals surface area contributed by atoms with Crippen LogP contribution in [0.4, 0.5) is 4.79 Å². The summed E-state index contributed by atoms with van der Waals surface area (Å²) < 4.78 is 10.7. The number of likely N-dealkylation sites (N-methyl/N-ethyl adjacent to an activating group) is 1. The highest BCUT2D eigenvalue weighted by Crippen LogP contribution is 2.27. The molecular formula is C30H42N2O4. The number of hydrogen-bond donors (Lipinski definition) is 0. The van der Waals surface area contributed by atoms with Gasteiger partial charge in [-0.15, -0.1) is 0 Å². The largest absolute Gasteiger partial charge is 0.476 e. The number of methoxy groups -OCH3 is 1. The van der Waals surface area contributed by atoms with Gasteiger partial charge in [-0.2, -0.15) is 0 Å². The van der Waals surface area contributed by atoms with Crippen molar-refractivity contribution in [3.8, 4) is 5.75 Å². The molecule has 1 unspecified atom stereocenters. The molecule has 1 atom stereocenters. The molecule has 0 bridgehead atoms. The summed E-state index contributed by atoms with van der Waals surface area (Å²) in [7, 11) is 3.28. The molecule has 0 radical (unpaired) electrons. The van der Waals surface area contributed by atoms with Gasteiger partial charge in [0.2, 0.25) is 0 Å². The fraction of sp³-hybridized carbons (Fsp3) is 0.533. The van der Waals surface area contributed by atoms with Crippen LogP contribution in [0.2, 0.25) is 0 Å². The first-order chi connectivity index (χ1) is 16.8. The van der Waals surface area contributed by atoms with E-state index >= 15 is 0 Å². The molecule has 2 amide bonds. The van der Waals surface area contributed by atoms with Gasteiger partial charge in [0.1, 0.15) is 5.75 Å². The van der Waals surface area contributed by atoms with Crippen LogP contribution in [0.25, 0.3) is 0 Å². The van der Waals surface area contributed by atoms with Gasteiger partial charge in [-0.05, 0) is 73.8 Å². The van der Waals surface area contributed by atoms with Crippen LogP contribution in [-0.2, 0) is 27.9 Å². The SMILES string of the molecule is COC(=O)C(C)(C)Oc1ccc(CCCC2CN(Cc3ccc(C(C)(C)C)cc3)C(=O)N2C)cc1C. The highest BCUT2D eigenvalue weighted by molar-refractivity contribution is 5.79. The maximum Gasteiger partial charge on any atom is 0.349 e. The van der Waals surface area contributed by atoms with Gasteiger partial charge >= 0.3 is 12.0 Å². The Labute approximate surface area is 216 Å². The molecule has 0 N–H and O–H groups in total. The third-order valence-electron chi connectivity index (χ3n) is 7.03. The fourth-order valence-electron chi connectivity index (χ4n) is 4.67. The number of rotatable bonds is 9. The maximum absolute atomic E-state index is 12.9. The lowest BCUT2D eigenvalue weighted by Gasteiger charge is -2.24. The second-order valence-electron chi connectivity index (χ2n) is 11.5. The van der Waals surface area contributed by atoms with Crippen LogP contribution in [0, 0.1) is 6.92 Å². The van der Waals surface area contributed by atoms with E-state index in [4.69, 9.17) is 9.47 Å². The zero-order valence-corrected chi connectivity index (χ0v) is 23.2. The standard InChI is InChI=1S/C30H42N2O4/c1-21-18-22(14-17-26(21)36-30(5,6)27(33)35-8)10-9-11-25-20-32(28(34)31(25)7)19-23-12-15-24(16-13-23)29(2,3)4/h12-18,25H,9-11,19-20H2,1-8H3. The molecule has 0 saturated carbocycles. The normalized spacial score (nSPS) is 16.4. The summed E-state index contributed by atoms with van der Waals surface area (Å²) in [4.78, 5) is 28.6. The molecule has 0 aliphatic carbocycles. The van der Waals surface area contributed by atoms with E-state index in [1.54, 1.807) is 13.8 Å². The zero-order chi connectivity index (χ0) is 26.7. The van der Waals surface area contributed by atoms with Crippen LogP contribution in [0.3, 0.4) is 0 Å². The number of urea groups is 1. The Morgan fingerprint density at radius 3 is 2.25 bits per heavy atom. The summed E-state index contributed by atoms with van der Waals surface area (Å²) >= 11 is 0. The maximum atomic E-state index is 12.9. The Morgan fingerprint density at radius 2 is 1.67 bits per heavy atom. The van der Waals surface area contributed by atoms with Crippen LogP contribution in [0.5, 0.6) is 5.75 Å². The third-order valence-corrected chi connectivity index (χ3v) is 7.03. The van der Waals surface area contributed by atoms with E-state index < -0.39 is 11.6 Å². The molecule has 2 aromatic rings. The average Bonchev–Trinajstić information content (AvgIpc) is 3.07. The van der Waals surface area contributed by atoms with Gasteiger partial charge in [0.05, 0.1) is 13.2 Å². The molecular weight excluding hydrogens is 452 g/mol. The molecule has 2 aromatic carbocycles. The van der Waals surface area contributed by atoms with E-state index in [0.717, 1.165) is 31.4 Å². The number of carbonyl (C=O) groups excluding carboxylic acids is 2. The third kappa shape index (κ3) is 6.59. The van der Waals surface area contributed by atoms with Crippen molar-refractivity contribution in [2.75, 3.05) is 20.7 Å². The Morgan fingerprint density at radius 1 is 1.03 bits per heavy atom. The lowest BCUT2D eigenvalue weighted by atomic mass is 9.87. The topological polar surface area (TPSA) is 59.1 Å². The van der Waals surface area contributed by atoms with Crippen molar-refractivity contribution in [1.29, 1.82) is 0 Å². The van der Waals surface area contributed by atoms with Crippen molar-refractivity contribution < 1.29 is 19.1 Å². The molecule has 0 spiro atoms. The summed E-state index contributed by atoms with van der Waals surface area (Å²) in [5.41, 5.74) is 3.76. The van der Waals surface area contributed by atoms with Gasteiger partial charge < -0.3 is 19.3 Å². The highest BCUT2D eigenvalue weighted by atomic mass is 16.6. The first-order valence-electron chi connectivity index (χ1n) is 12.8. The molecule has 1 heterocycles. The predicted octanol–water partition coefficient (Wildman–Crippen LogP) is 5.88. The zero-order valence-electron chi connectivity index (χ0n) is 23.2. The van der Waals surface area contributed by atoms with E-state index in [9.17, 15) is 9.59 Å². The first-order valence-corrected chi connectivity index (χ1v) is 12.8. The molecule has 3 rings (SSSR count). The molecule has 0 aromatic heterocycles. The number of aryl methyl sites for hydroxylation is 2. The smallest absolute Gasteiger partial charge is 0.349 e. The second kappa shape index (κ2) is 10.9. The lowest BCUT2D eigenvalue weighted by molar-refractivity contribution is -0.156. The predicted molar refractivity (Wildman–Crippen MR) is 143 cm³/mol. The molecule has 1 fully saturated rings. The van der Waals surface area contributed by atoms with Gasteiger partial charge in [-0.1, -0.05) is 57.2 Å². The molecule has 1 aliphatic rings. The van der Waals surface area contributed by atoms with Crippen LogP contribution in [0.15, 0.2) is 42.5 Å². The van der Waals surface area contributed by atoms with Gasteiger partial charge in [0.15, 0.2) is 5.60 Å². The number of carbonyl (C=O) groups is 2. The summed E-state index contributed by atoms with van der Waals surface area (Å²) in [6.07, 6.45) is 2.87. The van der Waals surface area contributed by atoms with Crippen molar-refractivity contribution in [3.05, 3.63) is 64.7 Å². The minimum Gasteiger partial charge on any atom is -0.476 e. The van der Waals surface area contributed by atoms with E-state index in [1.807, 2.05) is 35.9 Å². The average molecular weight is 495 g/mol.